The van der Waals surface area contributed by atoms with Gasteiger partial charge in [0.25, 0.3) is 5.91 Å². The van der Waals surface area contributed by atoms with Crippen molar-refractivity contribution in [3.05, 3.63) is 59.8 Å². The van der Waals surface area contributed by atoms with Gasteiger partial charge in [-0.15, -0.1) is 0 Å². The Kier molecular flexibility index (Phi) is 5.48. The highest BCUT2D eigenvalue weighted by Crippen LogP contribution is 2.14. The van der Waals surface area contributed by atoms with Gasteiger partial charge < -0.3 is 14.2 Å². The Morgan fingerprint density at radius 3 is 2.52 bits per heavy atom. The molecule has 1 aliphatic heterocycles. The van der Waals surface area contributed by atoms with E-state index in [1.54, 1.807) is 34.3 Å². The van der Waals surface area contributed by atoms with Crippen LogP contribution in [0.15, 0.2) is 47.1 Å². The van der Waals surface area contributed by atoms with E-state index >= 15 is 0 Å². The highest BCUT2D eigenvalue weighted by molar-refractivity contribution is 5.94. The second-order valence-corrected chi connectivity index (χ2v) is 6.09. The molecule has 0 N–H and O–H groups in total. The number of hydrogen-bond donors (Lipinski definition) is 0. The highest BCUT2D eigenvalue weighted by Gasteiger charge is 2.24. The van der Waals surface area contributed by atoms with E-state index in [9.17, 15) is 14.0 Å². The number of aryl methyl sites for hydroxylation is 1. The van der Waals surface area contributed by atoms with Gasteiger partial charge in [-0.2, -0.15) is 0 Å². The Morgan fingerprint density at radius 1 is 1.00 bits per heavy atom. The average molecular weight is 344 g/mol. The predicted octanol–water partition coefficient (Wildman–Crippen LogP) is 2.73. The molecule has 1 aliphatic rings. The summed E-state index contributed by atoms with van der Waals surface area (Å²) in [5.74, 6) is 0.0160. The molecule has 0 spiro atoms. The number of carbonyl (C=O) groups excluding carboxylic acids is 2. The van der Waals surface area contributed by atoms with Gasteiger partial charge in [-0.3, -0.25) is 9.59 Å². The molecule has 0 saturated carbocycles. The summed E-state index contributed by atoms with van der Waals surface area (Å²) in [4.78, 5) is 28.3. The van der Waals surface area contributed by atoms with Crippen LogP contribution >= 0.6 is 0 Å². The Hall–Kier alpha value is -2.63. The smallest absolute Gasteiger partial charge is 0.256 e. The third-order valence-corrected chi connectivity index (χ3v) is 4.41. The van der Waals surface area contributed by atoms with Crippen LogP contribution in [0, 0.1) is 5.82 Å². The average Bonchev–Trinajstić information content (AvgIpc) is 3.02. The van der Waals surface area contributed by atoms with Crippen molar-refractivity contribution in [3.8, 4) is 0 Å². The lowest BCUT2D eigenvalue weighted by molar-refractivity contribution is -0.131. The van der Waals surface area contributed by atoms with E-state index in [0.29, 0.717) is 45.4 Å². The van der Waals surface area contributed by atoms with Crippen molar-refractivity contribution in [2.75, 3.05) is 26.2 Å². The van der Waals surface area contributed by atoms with Gasteiger partial charge in [-0.05, 0) is 30.7 Å². The number of halogens is 1. The van der Waals surface area contributed by atoms with Crippen molar-refractivity contribution < 1.29 is 18.4 Å². The van der Waals surface area contributed by atoms with Crippen LogP contribution in [-0.4, -0.2) is 47.8 Å². The maximum absolute atomic E-state index is 13.8. The predicted molar refractivity (Wildman–Crippen MR) is 90.5 cm³/mol. The van der Waals surface area contributed by atoms with E-state index in [1.807, 2.05) is 6.07 Å². The molecular formula is C19H21FN2O3. The Balaban J connectivity index is 1.56. The number of benzene rings is 1. The van der Waals surface area contributed by atoms with Gasteiger partial charge in [0.15, 0.2) is 0 Å². The van der Waals surface area contributed by atoms with Gasteiger partial charge in [-0.25, -0.2) is 4.39 Å². The molecule has 2 heterocycles. The topological polar surface area (TPSA) is 53.8 Å². The van der Waals surface area contributed by atoms with Crippen molar-refractivity contribution in [2.24, 2.45) is 0 Å². The van der Waals surface area contributed by atoms with E-state index in [0.717, 1.165) is 5.76 Å². The van der Waals surface area contributed by atoms with Crippen LogP contribution in [0.1, 0.15) is 29.0 Å². The van der Waals surface area contributed by atoms with Crippen molar-refractivity contribution in [3.63, 3.8) is 0 Å². The van der Waals surface area contributed by atoms with Crippen molar-refractivity contribution in [2.45, 2.75) is 19.3 Å². The van der Waals surface area contributed by atoms with Gasteiger partial charge in [0.05, 0.1) is 11.8 Å². The zero-order valence-electron chi connectivity index (χ0n) is 14.0. The van der Waals surface area contributed by atoms with E-state index in [4.69, 9.17) is 4.42 Å². The Morgan fingerprint density at radius 2 is 1.76 bits per heavy atom. The summed E-state index contributed by atoms with van der Waals surface area (Å²) in [6.45, 7) is 2.02. The molecule has 1 saturated heterocycles. The third-order valence-electron chi connectivity index (χ3n) is 4.41. The number of nitrogens with zero attached hydrogens (tertiary/aromatic N) is 2. The second kappa shape index (κ2) is 7.96. The maximum atomic E-state index is 13.8. The Bertz CT molecular complexity index is 730. The zero-order valence-corrected chi connectivity index (χ0v) is 14.0. The van der Waals surface area contributed by atoms with Gasteiger partial charge >= 0.3 is 0 Å². The molecule has 132 valence electrons. The van der Waals surface area contributed by atoms with Crippen LogP contribution in [0.3, 0.4) is 0 Å². The largest absolute Gasteiger partial charge is 0.469 e. The summed E-state index contributed by atoms with van der Waals surface area (Å²) in [5.41, 5.74) is 0.0834. The molecule has 0 atom stereocenters. The van der Waals surface area contributed by atoms with E-state index in [1.165, 1.54) is 12.1 Å². The van der Waals surface area contributed by atoms with E-state index in [-0.39, 0.29) is 17.4 Å². The summed E-state index contributed by atoms with van der Waals surface area (Å²) < 4.78 is 19.1. The summed E-state index contributed by atoms with van der Waals surface area (Å²) in [6.07, 6.45) is 3.24. The molecule has 3 rings (SSSR count). The molecule has 0 unspecified atom stereocenters. The molecule has 1 aromatic heterocycles. The van der Waals surface area contributed by atoms with Crippen LogP contribution in [0.4, 0.5) is 4.39 Å². The first-order valence-corrected chi connectivity index (χ1v) is 8.49. The molecule has 0 bridgehead atoms. The van der Waals surface area contributed by atoms with Gasteiger partial charge in [0.2, 0.25) is 5.91 Å². The maximum Gasteiger partial charge on any atom is 0.256 e. The van der Waals surface area contributed by atoms with Crippen LogP contribution in [0.5, 0.6) is 0 Å². The molecule has 0 aliphatic carbocycles. The monoisotopic (exact) mass is 344 g/mol. The van der Waals surface area contributed by atoms with Crippen molar-refractivity contribution >= 4 is 11.8 Å². The van der Waals surface area contributed by atoms with E-state index < -0.39 is 5.82 Å². The van der Waals surface area contributed by atoms with Gasteiger partial charge in [-0.1, -0.05) is 12.1 Å². The lowest BCUT2D eigenvalue weighted by atomic mass is 10.2. The first kappa shape index (κ1) is 17.2. The summed E-state index contributed by atoms with van der Waals surface area (Å²) in [6, 6.07) is 9.65. The fraction of sp³-hybridized carbons (Fsp3) is 0.368. The number of rotatable bonds is 4. The molecule has 5 nitrogen and oxygen atoms in total. The number of furan rings is 1. The van der Waals surface area contributed by atoms with Gasteiger partial charge in [0.1, 0.15) is 11.6 Å². The fourth-order valence-electron chi connectivity index (χ4n) is 3.02. The lowest BCUT2D eigenvalue weighted by Gasteiger charge is -2.22. The molecule has 1 aromatic carbocycles. The zero-order chi connectivity index (χ0) is 17.6. The van der Waals surface area contributed by atoms with Gasteiger partial charge in [0, 0.05) is 39.0 Å². The number of carbonyl (C=O) groups is 2. The summed E-state index contributed by atoms with van der Waals surface area (Å²) in [7, 11) is 0. The van der Waals surface area contributed by atoms with Crippen LogP contribution < -0.4 is 0 Å². The standard InChI is InChI=1S/C19H21FN2O3/c20-17-7-2-1-6-16(17)19(24)22-11-4-10-21(12-13-22)18(23)9-8-15-5-3-14-25-15/h1-3,5-7,14H,4,8-13H2. The normalized spacial score (nSPS) is 15.1. The molecule has 2 amide bonds. The van der Waals surface area contributed by atoms with Crippen LogP contribution in [0.2, 0.25) is 0 Å². The first-order chi connectivity index (χ1) is 12.1. The number of hydrogen-bond acceptors (Lipinski definition) is 3. The molecular weight excluding hydrogens is 323 g/mol. The fourth-order valence-corrected chi connectivity index (χ4v) is 3.02. The van der Waals surface area contributed by atoms with Crippen molar-refractivity contribution in [1.82, 2.24) is 9.80 Å². The third kappa shape index (κ3) is 4.26. The molecule has 0 radical (unpaired) electrons. The summed E-state index contributed by atoms with van der Waals surface area (Å²) in [5, 5.41) is 0. The molecule has 1 fully saturated rings. The molecule has 6 heteroatoms. The lowest BCUT2D eigenvalue weighted by Crippen LogP contribution is -2.37. The second-order valence-electron chi connectivity index (χ2n) is 6.09. The molecule has 2 aromatic rings. The quantitative estimate of drug-likeness (QED) is 0.857. The SMILES string of the molecule is O=C(CCc1ccco1)N1CCCN(C(=O)c2ccccc2F)CC1. The minimum Gasteiger partial charge on any atom is -0.469 e. The molecule has 25 heavy (non-hydrogen) atoms. The van der Waals surface area contributed by atoms with Crippen molar-refractivity contribution in [1.29, 1.82) is 0 Å². The van der Waals surface area contributed by atoms with E-state index in [2.05, 4.69) is 0 Å². The van der Waals surface area contributed by atoms with Crippen LogP contribution in [0.25, 0.3) is 0 Å². The number of amides is 2. The summed E-state index contributed by atoms with van der Waals surface area (Å²) >= 11 is 0. The van der Waals surface area contributed by atoms with Crippen LogP contribution in [-0.2, 0) is 11.2 Å². The Labute approximate surface area is 146 Å². The minimum absolute atomic E-state index is 0.0524. The first-order valence-electron chi connectivity index (χ1n) is 8.49. The minimum atomic E-state index is -0.511. The highest BCUT2D eigenvalue weighted by atomic mass is 19.1.